The number of likely N-dealkylation sites (tertiary alicyclic amines) is 1. The molecule has 150 valence electrons. The number of amides is 1. The molecular weight excluding hydrogens is 346 g/mol. The van der Waals surface area contributed by atoms with Crippen molar-refractivity contribution in [2.24, 2.45) is 17.6 Å². The highest BCUT2D eigenvalue weighted by Crippen LogP contribution is 2.25. The van der Waals surface area contributed by atoms with Gasteiger partial charge in [0.15, 0.2) is 0 Å². The van der Waals surface area contributed by atoms with Crippen molar-refractivity contribution >= 4 is 5.91 Å². The van der Waals surface area contributed by atoms with Crippen LogP contribution in [0.25, 0.3) is 0 Å². The van der Waals surface area contributed by atoms with Gasteiger partial charge in [-0.15, -0.1) is 0 Å². The smallest absolute Gasteiger partial charge is 0.227 e. The number of carbonyl (C=O) groups is 1. The molecule has 28 heavy (non-hydrogen) atoms. The van der Waals surface area contributed by atoms with Crippen LogP contribution in [0.5, 0.6) is 0 Å². The second-order valence-electron chi connectivity index (χ2n) is 8.18. The Hall–Kier alpha value is -2.17. The Morgan fingerprint density at radius 1 is 1.07 bits per heavy atom. The summed E-state index contributed by atoms with van der Waals surface area (Å²) in [5.74, 6) is 0.642. The van der Waals surface area contributed by atoms with E-state index in [2.05, 4.69) is 42.3 Å². The molecule has 1 aliphatic heterocycles. The van der Waals surface area contributed by atoms with Crippen molar-refractivity contribution in [3.05, 3.63) is 71.8 Å². The summed E-state index contributed by atoms with van der Waals surface area (Å²) < 4.78 is 0. The molecule has 3 rings (SSSR count). The van der Waals surface area contributed by atoms with Crippen LogP contribution in [0, 0.1) is 11.8 Å². The highest BCUT2D eigenvalue weighted by atomic mass is 16.2. The van der Waals surface area contributed by atoms with Crippen LogP contribution in [0.1, 0.15) is 36.9 Å². The summed E-state index contributed by atoms with van der Waals surface area (Å²) in [6.07, 6.45) is 2.14. The molecule has 1 heterocycles. The third kappa shape index (κ3) is 5.43. The van der Waals surface area contributed by atoms with Crippen molar-refractivity contribution in [1.29, 1.82) is 0 Å². The predicted molar refractivity (Wildman–Crippen MR) is 115 cm³/mol. The maximum Gasteiger partial charge on any atom is 0.227 e. The second kappa shape index (κ2) is 9.85. The molecule has 0 radical (unpaired) electrons. The van der Waals surface area contributed by atoms with E-state index in [0.717, 1.165) is 44.6 Å². The van der Waals surface area contributed by atoms with E-state index in [1.807, 2.05) is 42.2 Å². The number of hydrogen-bond donors (Lipinski definition) is 1. The first-order valence-electron chi connectivity index (χ1n) is 10.4. The maximum absolute atomic E-state index is 12.9. The van der Waals surface area contributed by atoms with Crippen LogP contribution in [-0.4, -0.2) is 42.4 Å². The van der Waals surface area contributed by atoms with E-state index < -0.39 is 0 Å². The van der Waals surface area contributed by atoms with Crippen LogP contribution in [-0.2, 0) is 11.3 Å². The molecule has 0 saturated carbocycles. The fourth-order valence-electron chi connectivity index (χ4n) is 4.14. The summed E-state index contributed by atoms with van der Waals surface area (Å²) in [6.45, 7) is 5.70. The van der Waals surface area contributed by atoms with Gasteiger partial charge in [-0.05, 0) is 36.9 Å². The van der Waals surface area contributed by atoms with Gasteiger partial charge in [0, 0.05) is 32.2 Å². The zero-order valence-corrected chi connectivity index (χ0v) is 17.1. The summed E-state index contributed by atoms with van der Waals surface area (Å²) in [6, 6.07) is 20.3. The van der Waals surface area contributed by atoms with Crippen LogP contribution in [0.15, 0.2) is 60.7 Å². The fraction of sp³-hybridized carbons (Fsp3) is 0.458. The number of piperidine rings is 1. The first-order valence-corrected chi connectivity index (χ1v) is 10.4. The highest BCUT2D eigenvalue weighted by molar-refractivity contribution is 5.79. The molecule has 0 aromatic heterocycles. The van der Waals surface area contributed by atoms with Crippen molar-refractivity contribution < 1.29 is 4.79 Å². The van der Waals surface area contributed by atoms with Gasteiger partial charge in [0.25, 0.3) is 0 Å². The number of nitrogens with two attached hydrogens (primary N) is 1. The van der Waals surface area contributed by atoms with E-state index in [0.29, 0.717) is 5.92 Å². The van der Waals surface area contributed by atoms with E-state index in [4.69, 9.17) is 5.73 Å². The summed E-state index contributed by atoms with van der Waals surface area (Å²) >= 11 is 0. The van der Waals surface area contributed by atoms with Crippen LogP contribution < -0.4 is 5.73 Å². The summed E-state index contributed by atoms with van der Waals surface area (Å²) in [5.41, 5.74) is 8.74. The van der Waals surface area contributed by atoms with E-state index in [9.17, 15) is 4.79 Å². The quantitative estimate of drug-likeness (QED) is 0.798. The van der Waals surface area contributed by atoms with Crippen molar-refractivity contribution in [3.63, 3.8) is 0 Å². The van der Waals surface area contributed by atoms with Gasteiger partial charge in [0.1, 0.15) is 0 Å². The Labute approximate surface area is 169 Å². The van der Waals surface area contributed by atoms with Gasteiger partial charge < -0.3 is 15.5 Å². The van der Waals surface area contributed by atoms with E-state index in [-0.39, 0.29) is 17.9 Å². The maximum atomic E-state index is 12.9. The minimum atomic E-state index is -0.247. The SMILES string of the molecule is CC(C(=O)N1CCC(CN(C)Cc2ccccc2)CC1)C(N)c1ccccc1. The molecular formula is C24H33N3O. The lowest BCUT2D eigenvalue weighted by atomic mass is 9.91. The highest BCUT2D eigenvalue weighted by Gasteiger charge is 2.29. The lowest BCUT2D eigenvalue weighted by molar-refractivity contribution is -0.137. The topological polar surface area (TPSA) is 49.6 Å². The molecule has 1 saturated heterocycles. The third-order valence-electron chi connectivity index (χ3n) is 5.90. The molecule has 0 bridgehead atoms. The fourth-order valence-corrected chi connectivity index (χ4v) is 4.14. The van der Waals surface area contributed by atoms with E-state index in [1.165, 1.54) is 5.56 Å². The van der Waals surface area contributed by atoms with Gasteiger partial charge >= 0.3 is 0 Å². The molecule has 2 aromatic carbocycles. The average molecular weight is 380 g/mol. The molecule has 0 aliphatic carbocycles. The molecule has 2 aromatic rings. The monoisotopic (exact) mass is 379 g/mol. The number of hydrogen-bond acceptors (Lipinski definition) is 3. The van der Waals surface area contributed by atoms with Crippen molar-refractivity contribution in [3.8, 4) is 0 Å². The van der Waals surface area contributed by atoms with Gasteiger partial charge in [-0.3, -0.25) is 4.79 Å². The van der Waals surface area contributed by atoms with Crippen molar-refractivity contribution in [1.82, 2.24) is 9.80 Å². The molecule has 1 fully saturated rings. The Balaban J connectivity index is 1.46. The van der Waals surface area contributed by atoms with E-state index >= 15 is 0 Å². The molecule has 2 atom stereocenters. The number of rotatable bonds is 7. The number of carbonyl (C=O) groups excluding carboxylic acids is 1. The van der Waals surface area contributed by atoms with Crippen LogP contribution in [0.4, 0.5) is 0 Å². The van der Waals surface area contributed by atoms with Gasteiger partial charge in [-0.2, -0.15) is 0 Å². The first-order chi connectivity index (χ1) is 13.5. The third-order valence-corrected chi connectivity index (χ3v) is 5.90. The minimum Gasteiger partial charge on any atom is -0.342 e. The Bertz CT molecular complexity index is 726. The zero-order chi connectivity index (χ0) is 19.9. The molecule has 4 nitrogen and oxygen atoms in total. The predicted octanol–water partition coefficient (Wildman–Crippen LogP) is 3.69. The number of nitrogens with zero attached hydrogens (tertiary/aromatic N) is 2. The van der Waals surface area contributed by atoms with Gasteiger partial charge in [-0.1, -0.05) is 67.6 Å². The molecule has 1 amide bonds. The molecule has 2 unspecified atom stereocenters. The van der Waals surface area contributed by atoms with Crippen LogP contribution in [0.3, 0.4) is 0 Å². The lowest BCUT2D eigenvalue weighted by Crippen LogP contribution is -2.45. The van der Waals surface area contributed by atoms with Crippen molar-refractivity contribution in [2.45, 2.75) is 32.4 Å². The van der Waals surface area contributed by atoms with Gasteiger partial charge in [0.2, 0.25) is 5.91 Å². The van der Waals surface area contributed by atoms with Crippen molar-refractivity contribution in [2.75, 3.05) is 26.7 Å². The first kappa shape index (κ1) is 20.6. The normalized spacial score (nSPS) is 17.5. The zero-order valence-electron chi connectivity index (χ0n) is 17.1. The molecule has 4 heteroatoms. The molecule has 2 N–H and O–H groups in total. The lowest BCUT2D eigenvalue weighted by Gasteiger charge is -2.36. The van der Waals surface area contributed by atoms with Crippen LogP contribution in [0.2, 0.25) is 0 Å². The summed E-state index contributed by atoms with van der Waals surface area (Å²) in [5, 5.41) is 0. The summed E-state index contributed by atoms with van der Waals surface area (Å²) in [4.78, 5) is 17.3. The van der Waals surface area contributed by atoms with E-state index in [1.54, 1.807) is 0 Å². The number of benzene rings is 2. The Morgan fingerprint density at radius 3 is 2.25 bits per heavy atom. The van der Waals surface area contributed by atoms with Gasteiger partial charge in [-0.25, -0.2) is 0 Å². The Kier molecular flexibility index (Phi) is 7.24. The molecule has 0 spiro atoms. The molecule has 1 aliphatic rings. The Morgan fingerprint density at radius 2 is 1.64 bits per heavy atom. The largest absolute Gasteiger partial charge is 0.342 e. The minimum absolute atomic E-state index is 0.187. The summed E-state index contributed by atoms with van der Waals surface area (Å²) in [7, 11) is 2.19. The van der Waals surface area contributed by atoms with Gasteiger partial charge in [0.05, 0.1) is 5.92 Å². The average Bonchev–Trinajstić information content (AvgIpc) is 2.74. The standard InChI is InChI=1S/C24H33N3O/c1-19(23(25)22-11-7-4-8-12-22)24(28)27-15-13-21(14-16-27)18-26(2)17-20-9-5-3-6-10-20/h3-12,19,21,23H,13-18,25H2,1-2H3. The second-order valence-corrected chi connectivity index (χ2v) is 8.18. The van der Waals surface area contributed by atoms with Crippen LogP contribution >= 0.6 is 0 Å².